The second-order valence-electron chi connectivity index (χ2n) is 2.99. The van der Waals surface area contributed by atoms with Crippen LogP contribution in [-0.2, 0) is 4.74 Å². The number of para-hydroxylation sites is 1. The van der Waals surface area contributed by atoms with E-state index >= 15 is 0 Å². The van der Waals surface area contributed by atoms with Crippen LogP contribution in [0.1, 0.15) is 10.4 Å². The molecule has 0 N–H and O–H groups in total. The van der Waals surface area contributed by atoms with Crippen LogP contribution in [0.15, 0.2) is 24.3 Å². The molecule has 2 rings (SSSR count). The van der Waals surface area contributed by atoms with E-state index in [9.17, 15) is 4.79 Å². The van der Waals surface area contributed by atoms with Gasteiger partial charge in [-0.05, 0) is 12.1 Å². The highest BCUT2D eigenvalue weighted by Gasteiger charge is 2.23. The zero-order valence-electron chi connectivity index (χ0n) is 7.40. The Hall–Kier alpha value is -1.03. The highest BCUT2D eigenvalue weighted by Crippen LogP contribution is 2.23. The monoisotopic (exact) mass is 256 g/mol. The Morgan fingerprint density at radius 1 is 1.43 bits per heavy atom. The van der Waals surface area contributed by atoms with Gasteiger partial charge in [-0.3, -0.25) is 0 Å². The van der Waals surface area contributed by atoms with Crippen molar-refractivity contribution in [3.05, 3.63) is 29.8 Å². The number of carbonyl (C=O) groups excluding carboxylic acids is 1. The maximum Gasteiger partial charge on any atom is 0.342 e. The molecule has 1 aliphatic heterocycles. The molecule has 0 saturated carbocycles. The van der Waals surface area contributed by atoms with Crippen LogP contribution in [0.3, 0.4) is 0 Å². The van der Waals surface area contributed by atoms with Crippen molar-refractivity contribution in [1.29, 1.82) is 0 Å². The molecule has 1 atom stereocenters. The maximum absolute atomic E-state index is 11.6. The van der Waals surface area contributed by atoms with Crippen LogP contribution in [0, 0.1) is 0 Å². The molecule has 1 aliphatic rings. The number of rotatable bonds is 1. The van der Waals surface area contributed by atoms with Crippen molar-refractivity contribution in [2.24, 2.45) is 0 Å². The molecule has 0 spiro atoms. The van der Waals surface area contributed by atoms with Gasteiger partial charge in [0, 0.05) is 5.33 Å². The van der Waals surface area contributed by atoms with E-state index in [0.29, 0.717) is 23.2 Å². The van der Waals surface area contributed by atoms with Crippen LogP contribution in [0.25, 0.3) is 0 Å². The average Bonchev–Trinajstić information content (AvgIpc) is 2.39. The summed E-state index contributed by atoms with van der Waals surface area (Å²) >= 11 is 3.26. The number of alkyl halides is 1. The Morgan fingerprint density at radius 3 is 3.00 bits per heavy atom. The van der Waals surface area contributed by atoms with Gasteiger partial charge in [-0.2, -0.15) is 0 Å². The molecule has 74 valence electrons. The van der Waals surface area contributed by atoms with E-state index in [1.54, 1.807) is 18.2 Å². The molecule has 14 heavy (non-hydrogen) atoms. The van der Waals surface area contributed by atoms with Gasteiger partial charge in [0.25, 0.3) is 0 Å². The minimum Gasteiger partial charge on any atom is -0.489 e. The zero-order valence-corrected chi connectivity index (χ0v) is 8.99. The van der Waals surface area contributed by atoms with Crippen LogP contribution in [0.5, 0.6) is 5.75 Å². The Bertz CT molecular complexity index is 351. The molecule has 0 radical (unpaired) electrons. The first-order valence-electron chi connectivity index (χ1n) is 4.30. The lowest BCUT2D eigenvalue weighted by atomic mass is 10.2. The van der Waals surface area contributed by atoms with Crippen LogP contribution >= 0.6 is 15.9 Å². The third-order valence-corrected chi connectivity index (χ3v) is 2.70. The van der Waals surface area contributed by atoms with E-state index in [1.807, 2.05) is 6.07 Å². The number of carbonyl (C=O) groups is 1. The molecule has 1 aromatic rings. The average molecular weight is 257 g/mol. The zero-order chi connectivity index (χ0) is 9.97. The van der Waals surface area contributed by atoms with Crippen molar-refractivity contribution in [2.45, 2.75) is 6.10 Å². The first kappa shape index (κ1) is 9.52. The summed E-state index contributed by atoms with van der Waals surface area (Å²) in [5.41, 5.74) is 0.496. The first-order valence-corrected chi connectivity index (χ1v) is 5.42. The molecule has 0 aromatic heterocycles. The Morgan fingerprint density at radius 2 is 2.21 bits per heavy atom. The number of hydrogen-bond acceptors (Lipinski definition) is 3. The first-order chi connectivity index (χ1) is 6.81. The summed E-state index contributed by atoms with van der Waals surface area (Å²) < 4.78 is 10.6. The highest BCUT2D eigenvalue weighted by atomic mass is 79.9. The fraction of sp³-hybridized carbons (Fsp3) is 0.300. The fourth-order valence-electron chi connectivity index (χ4n) is 1.27. The third-order valence-electron chi connectivity index (χ3n) is 1.98. The number of esters is 1. The van der Waals surface area contributed by atoms with E-state index in [2.05, 4.69) is 15.9 Å². The largest absolute Gasteiger partial charge is 0.489 e. The summed E-state index contributed by atoms with van der Waals surface area (Å²) in [7, 11) is 0. The van der Waals surface area contributed by atoms with Gasteiger partial charge in [0.2, 0.25) is 0 Å². The van der Waals surface area contributed by atoms with Gasteiger partial charge in [-0.1, -0.05) is 28.1 Å². The smallest absolute Gasteiger partial charge is 0.342 e. The predicted molar refractivity (Wildman–Crippen MR) is 54.9 cm³/mol. The van der Waals surface area contributed by atoms with Crippen LogP contribution in [0.4, 0.5) is 0 Å². The summed E-state index contributed by atoms with van der Waals surface area (Å²) in [6, 6.07) is 7.10. The van der Waals surface area contributed by atoms with Gasteiger partial charge >= 0.3 is 5.97 Å². The number of cyclic esters (lactones) is 1. The minimum absolute atomic E-state index is 0.213. The second-order valence-corrected chi connectivity index (χ2v) is 3.64. The Labute approximate surface area is 90.1 Å². The Kier molecular flexibility index (Phi) is 2.72. The van der Waals surface area contributed by atoms with Crippen LogP contribution < -0.4 is 4.74 Å². The molecule has 0 aliphatic carbocycles. The van der Waals surface area contributed by atoms with Crippen LogP contribution in [0.2, 0.25) is 0 Å². The van der Waals surface area contributed by atoms with Crippen molar-refractivity contribution in [3.63, 3.8) is 0 Å². The van der Waals surface area contributed by atoms with Gasteiger partial charge in [-0.15, -0.1) is 0 Å². The quantitative estimate of drug-likeness (QED) is 0.570. The normalized spacial score (nSPS) is 20.4. The maximum atomic E-state index is 11.6. The summed E-state index contributed by atoms with van der Waals surface area (Å²) in [6.07, 6.45) is -0.213. The number of hydrogen-bond donors (Lipinski definition) is 0. The molecule has 3 nitrogen and oxygen atoms in total. The van der Waals surface area contributed by atoms with E-state index in [4.69, 9.17) is 9.47 Å². The molecule has 1 aromatic carbocycles. The van der Waals surface area contributed by atoms with E-state index in [0.717, 1.165) is 0 Å². The SMILES string of the molecule is O=C1O[C@H](CBr)COc2ccccc21. The van der Waals surface area contributed by atoms with Gasteiger partial charge in [0.15, 0.2) is 0 Å². The number of fused-ring (bicyclic) bond motifs is 1. The van der Waals surface area contributed by atoms with Gasteiger partial charge in [0.05, 0.1) is 0 Å². The summed E-state index contributed by atoms with van der Waals surface area (Å²) in [6.45, 7) is 0.397. The van der Waals surface area contributed by atoms with Gasteiger partial charge in [0.1, 0.15) is 24.0 Å². The van der Waals surface area contributed by atoms with E-state index in [1.165, 1.54) is 0 Å². The van der Waals surface area contributed by atoms with Crippen molar-refractivity contribution in [3.8, 4) is 5.75 Å². The Balaban J connectivity index is 2.31. The molecule has 0 bridgehead atoms. The third kappa shape index (κ3) is 1.75. The van der Waals surface area contributed by atoms with Crippen molar-refractivity contribution in [2.75, 3.05) is 11.9 Å². The fourth-order valence-corrected chi connectivity index (χ4v) is 1.59. The minimum atomic E-state index is -0.317. The van der Waals surface area contributed by atoms with E-state index in [-0.39, 0.29) is 12.1 Å². The molecular formula is C10H9BrO3. The lowest BCUT2D eigenvalue weighted by Gasteiger charge is -2.10. The number of halogens is 1. The van der Waals surface area contributed by atoms with Gasteiger partial charge in [-0.25, -0.2) is 4.79 Å². The van der Waals surface area contributed by atoms with Crippen molar-refractivity contribution >= 4 is 21.9 Å². The van der Waals surface area contributed by atoms with Crippen molar-refractivity contribution < 1.29 is 14.3 Å². The summed E-state index contributed by atoms with van der Waals surface area (Å²) in [5, 5.41) is 0.590. The molecule has 0 amide bonds. The molecule has 1 heterocycles. The number of ether oxygens (including phenoxy) is 2. The van der Waals surface area contributed by atoms with Crippen LogP contribution in [-0.4, -0.2) is 24.0 Å². The topological polar surface area (TPSA) is 35.5 Å². The standard InChI is InChI=1S/C10H9BrO3/c11-5-7-6-13-9-4-2-1-3-8(9)10(12)14-7/h1-4,7H,5-6H2/t7-/m1/s1. The molecule has 4 heteroatoms. The second kappa shape index (κ2) is 4.00. The molecule has 0 saturated heterocycles. The van der Waals surface area contributed by atoms with E-state index < -0.39 is 0 Å². The lowest BCUT2D eigenvalue weighted by molar-refractivity contribution is 0.0303. The van der Waals surface area contributed by atoms with Gasteiger partial charge < -0.3 is 9.47 Å². The molecule has 0 unspecified atom stereocenters. The lowest BCUT2D eigenvalue weighted by Crippen LogP contribution is -2.23. The van der Waals surface area contributed by atoms with Crippen molar-refractivity contribution in [1.82, 2.24) is 0 Å². The summed E-state index contributed by atoms with van der Waals surface area (Å²) in [5.74, 6) is 0.281. The highest BCUT2D eigenvalue weighted by molar-refractivity contribution is 9.09. The molecule has 0 fully saturated rings. The molecular weight excluding hydrogens is 248 g/mol. The number of benzene rings is 1. The summed E-state index contributed by atoms with van der Waals surface area (Å²) in [4.78, 5) is 11.6. The predicted octanol–water partition coefficient (Wildman–Crippen LogP) is 2.00.